The molecule has 8 nitrogen and oxygen atoms in total. The molecule has 138 valence electrons. The van der Waals surface area contributed by atoms with E-state index in [1.807, 2.05) is 12.1 Å². The first-order valence-electron chi connectivity index (χ1n) is 8.23. The number of ether oxygens (including phenoxy) is 1. The van der Waals surface area contributed by atoms with Crippen molar-refractivity contribution < 1.29 is 14.3 Å². The summed E-state index contributed by atoms with van der Waals surface area (Å²) < 4.78 is 4.48. The molecular formula is C17H19BrN4O4. The minimum atomic E-state index is -0.659. The number of rotatable bonds is 4. The maximum absolute atomic E-state index is 12.4. The average Bonchev–Trinajstić information content (AvgIpc) is 3.15. The van der Waals surface area contributed by atoms with Gasteiger partial charge in [0.25, 0.3) is 5.56 Å². The number of hydrogen-bond donors (Lipinski definition) is 2. The van der Waals surface area contributed by atoms with Gasteiger partial charge in [-0.05, 0) is 30.5 Å². The van der Waals surface area contributed by atoms with Crippen LogP contribution in [0.5, 0.6) is 0 Å². The number of hydrogen-bond acceptors (Lipinski definition) is 5. The van der Waals surface area contributed by atoms with E-state index in [4.69, 9.17) is 0 Å². The Morgan fingerprint density at radius 3 is 3.00 bits per heavy atom. The Balaban J connectivity index is 1.88. The van der Waals surface area contributed by atoms with E-state index in [-0.39, 0.29) is 24.1 Å². The van der Waals surface area contributed by atoms with Gasteiger partial charge in [0.15, 0.2) is 0 Å². The highest BCUT2D eigenvalue weighted by Crippen LogP contribution is 2.30. The summed E-state index contributed by atoms with van der Waals surface area (Å²) >= 11 is 3.40. The number of carbonyl (C=O) groups excluding carboxylic acids is 2. The van der Waals surface area contributed by atoms with Crippen LogP contribution in [-0.4, -0.2) is 47.1 Å². The van der Waals surface area contributed by atoms with E-state index in [2.05, 4.69) is 36.0 Å². The molecule has 9 heteroatoms. The van der Waals surface area contributed by atoms with Crippen molar-refractivity contribution in [1.82, 2.24) is 20.2 Å². The number of carbonyl (C=O) groups is 2. The Morgan fingerprint density at radius 2 is 2.27 bits per heavy atom. The number of nitrogens with one attached hydrogen (secondary N) is 2. The second kappa shape index (κ2) is 7.86. The normalized spacial score (nSPS) is 16.7. The number of H-pyrrole nitrogens is 1. The van der Waals surface area contributed by atoms with Gasteiger partial charge in [-0.25, -0.2) is 9.78 Å². The summed E-state index contributed by atoms with van der Waals surface area (Å²) in [6.45, 7) is 0.393. The first-order chi connectivity index (χ1) is 12.5. The number of methoxy groups -OCH3 is 1. The van der Waals surface area contributed by atoms with Gasteiger partial charge in [-0.3, -0.25) is 9.59 Å². The van der Waals surface area contributed by atoms with E-state index in [1.165, 1.54) is 7.11 Å². The molecule has 0 bridgehead atoms. The SMILES string of the molecule is COC(=O)NCC(=O)N1CCCC1c1nc2cc(CBr)ccc2c(=O)[nH]1. The first kappa shape index (κ1) is 18.4. The number of alkyl halides is 1. The van der Waals surface area contributed by atoms with Crippen LogP contribution in [-0.2, 0) is 14.9 Å². The lowest BCUT2D eigenvalue weighted by atomic mass is 10.1. The number of aromatic nitrogens is 2. The largest absolute Gasteiger partial charge is 0.453 e. The molecule has 26 heavy (non-hydrogen) atoms. The summed E-state index contributed by atoms with van der Waals surface area (Å²) in [6.07, 6.45) is 0.850. The van der Waals surface area contributed by atoms with Crippen LogP contribution in [0.25, 0.3) is 10.9 Å². The van der Waals surface area contributed by atoms with Gasteiger partial charge in [0.2, 0.25) is 5.91 Å². The standard InChI is InChI=1S/C17H19BrN4O4/c1-26-17(25)19-9-14(23)22-6-2-3-13(22)15-20-12-7-10(8-18)4-5-11(12)16(24)21-15/h4-5,7,13H,2-3,6,8-9H2,1H3,(H,19,25)(H,20,21,24). The molecule has 2 aromatic rings. The van der Waals surface area contributed by atoms with E-state index < -0.39 is 6.09 Å². The highest BCUT2D eigenvalue weighted by Gasteiger charge is 2.32. The lowest BCUT2D eigenvalue weighted by Crippen LogP contribution is -2.40. The van der Waals surface area contributed by atoms with Crippen molar-refractivity contribution in [2.45, 2.75) is 24.2 Å². The molecule has 1 atom stereocenters. The number of aromatic amines is 1. The molecule has 0 aliphatic carbocycles. The van der Waals surface area contributed by atoms with Gasteiger partial charge in [0, 0.05) is 11.9 Å². The van der Waals surface area contributed by atoms with Gasteiger partial charge in [-0.1, -0.05) is 22.0 Å². The Bertz CT molecular complexity index is 898. The van der Waals surface area contributed by atoms with Gasteiger partial charge in [-0.2, -0.15) is 0 Å². The summed E-state index contributed by atoms with van der Waals surface area (Å²) in [5.74, 6) is 0.230. The minimum absolute atomic E-state index is 0.158. The highest BCUT2D eigenvalue weighted by atomic mass is 79.9. The van der Waals surface area contributed by atoms with Crippen molar-refractivity contribution in [3.05, 3.63) is 39.9 Å². The third-order valence-corrected chi connectivity index (χ3v) is 5.05. The molecule has 0 radical (unpaired) electrons. The third-order valence-electron chi connectivity index (χ3n) is 4.40. The van der Waals surface area contributed by atoms with Crippen LogP contribution in [0.3, 0.4) is 0 Å². The minimum Gasteiger partial charge on any atom is -0.453 e. The van der Waals surface area contributed by atoms with Crippen LogP contribution < -0.4 is 10.9 Å². The zero-order valence-electron chi connectivity index (χ0n) is 14.3. The topological polar surface area (TPSA) is 104 Å². The third kappa shape index (κ3) is 3.72. The summed E-state index contributed by atoms with van der Waals surface area (Å²) in [4.78, 5) is 45.0. The van der Waals surface area contributed by atoms with Gasteiger partial charge in [0.05, 0.1) is 24.1 Å². The van der Waals surface area contributed by atoms with Crippen molar-refractivity contribution in [2.75, 3.05) is 20.2 Å². The van der Waals surface area contributed by atoms with Crippen molar-refractivity contribution in [3.8, 4) is 0 Å². The molecule has 1 aliphatic rings. The summed E-state index contributed by atoms with van der Waals surface area (Å²) in [5.41, 5.74) is 1.40. The smallest absolute Gasteiger partial charge is 0.407 e. The maximum Gasteiger partial charge on any atom is 0.407 e. The molecule has 2 amide bonds. The van der Waals surface area contributed by atoms with Crippen molar-refractivity contribution in [3.63, 3.8) is 0 Å². The Morgan fingerprint density at radius 1 is 1.46 bits per heavy atom. The second-order valence-electron chi connectivity index (χ2n) is 6.03. The number of alkyl carbamates (subject to hydrolysis) is 1. The van der Waals surface area contributed by atoms with Crippen molar-refractivity contribution >= 4 is 38.8 Å². The summed E-state index contributed by atoms with van der Waals surface area (Å²) in [5, 5.41) is 3.57. The molecule has 1 fully saturated rings. The van der Waals surface area contributed by atoms with Gasteiger partial charge in [-0.15, -0.1) is 0 Å². The molecule has 1 unspecified atom stereocenters. The van der Waals surface area contributed by atoms with Crippen LogP contribution in [0.4, 0.5) is 4.79 Å². The fourth-order valence-electron chi connectivity index (χ4n) is 3.12. The number of benzene rings is 1. The van der Waals surface area contributed by atoms with E-state index in [0.717, 1.165) is 12.0 Å². The number of likely N-dealkylation sites (tertiary alicyclic amines) is 1. The average molecular weight is 423 g/mol. The fraction of sp³-hybridized carbons (Fsp3) is 0.412. The molecule has 0 saturated carbocycles. The molecular weight excluding hydrogens is 404 g/mol. The van der Waals surface area contributed by atoms with Crippen LogP contribution in [0.1, 0.15) is 30.3 Å². The summed E-state index contributed by atoms with van der Waals surface area (Å²) in [6, 6.07) is 5.17. The molecule has 1 aromatic carbocycles. The zero-order chi connectivity index (χ0) is 18.7. The van der Waals surface area contributed by atoms with Crippen molar-refractivity contribution in [1.29, 1.82) is 0 Å². The molecule has 1 aromatic heterocycles. The lowest BCUT2D eigenvalue weighted by molar-refractivity contribution is -0.131. The Hall–Kier alpha value is -2.42. The van der Waals surface area contributed by atoms with Crippen molar-refractivity contribution in [2.24, 2.45) is 0 Å². The van der Waals surface area contributed by atoms with E-state index in [0.29, 0.717) is 35.0 Å². The fourth-order valence-corrected chi connectivity index (χ4v) is 3.46. The Labute approximate surface area is 158 Å². The van der Waals surface area contributed by atoms with Crippen LogP contribution in [0.15, 0.2) is 23.0 Å². The number of amides is 2. The van der Waals surface area contributed by atoms with Gasteiger partial charge in [0.1, 0.15) is 12.4 Å². The highest BCUT2D eigenvalue weighted by molar-refractivity contribution is 9.08. The second-order valence-corrected chi connectivity index (χ2v) is 6.59. The maximum atomic E-state index is 12.4. The monoisotopic (exact) mass is 422 g/mol. The molecule has 2 heterocycles. The van der Waals surface area contributed by atoms with Gasteiger partial charge >= 0.3 is 6.09 Å². The Kier molecular flexibility index (Phi) is 5.55. The van der Waals surface area contributed by atoms with E-state index >= 15 is 0 Å². The van der Waals surface area contributed by atoms with Crippen LogP contribution in [0, 0.1) is 0 Å². The number of nitrogens with zero attached hydrogens (tertiary/aromatic N) is 2. The van der Waals surface area contributed by atoms with Gasteiger partial charge < -0.3 is 19.9 Å². The predicted octanol–water partition coefficient (Wildman–Crippen LogP) is 1.84. The molecule has 1 aliphatic heterocycles. The molecule has 0 spiro atoms. The first-order valence-corrected chi connectivity index (χ1v) is 9.35. The predicted molar refractivity (Wildman–Crippen MR) is 99.1 cm³/mol. The lowest BCUT2D eigenvalue weighted by Gasteiger charge is -2.24. The summed E-state index contributed by atoms with van der Waals surface area (Å²) in [7, 11) is 1.24. The molecule has 1 saturated heterocycles. The van der Waals surface area contributed by atoms with Crippen LogP contribution in [0.2, 0.25) is 0 Å². The number of halogens is 1. The molecule has 2 N–H and O–H groups in total. The van der Waals surface area contributed by atoms with Crippen LogP contribution >= 0.6 is 15.9 Å². The van der Waals surface area contributed by atoms with E-state index in [1.54, 1.807) is 11.0 Å². The molecule has 3 rings (SSSR count). The van der Waals surface area contributed by atoms with E-state index in [9.17, 15) is 14.4 Å². The quantitative estimate of drug-likeness (QED) is 0.731. The number of fused-ring (bicyclic) bond motifs is 1. The zero-order valence-corrected chi connectivity index (χ0v) is 15.8.